The van der Waals surface area contributed by atoms with Crippen LogP contribution in [0, 0.1) is 34.2 Å². The lowest BCUT2D eigenvalue weighted by Crippen LogP contribution is -2.27. The highest BCUT2D eigenvalue weighted by Gasteiger charge is 2.67. The molecule has 0 saturated heterocycles. The molecule has 20 heavy (non-hydrogen) atoms. The van der Waals surface area contributed by atoms with Crippen molar-refractivity contribution in [2.75, 3.05) is 6.54 Å². The first-order valence-electron chi connectivity index (χ1n) is 7.02. The average molecular weight is 285 g/mol. The topological polar surface area (TPSA) is 12.0 Å². The Hall–Kier alpha value is -1.03. The zero-order chi connectivity index (χ0) is 15.3. The summed E-state index contributed by atoms with van der Waals surface area (Å²) in [7, 11) is 0. The Labute approximate surface area is 118 Å². The Morgan fingerprint density at radius 1 is 1.05 bits per heavy atom. The van der Waals surface area contributed by atoms with Crippen LogP contribution in [0.1, 0.15) is 46.2 Å². The monoisotopic (exact) mass is 285 g/mol. The van der Waals surface area contributed by atoms with Gasteiger partial charge in [0.15, 0.2) is 0 Å². The van der Waals surface area contributed by atoms with E-state index in [2.05, 4.69) is 33.0 Å². The van der Waals surface area contributed by atoms with Crippen LogP contribution in [0.2, 0.25) is 0 Å². The van der Waals surface area contributed by atoms with Crippen molar-refractivity contribution in [2.45, 2.75) is 40.7 Å². The molecule has 0 aliphatic heterocycles. The lowest BCUT2D eigenvalue weighted by Gasteiger charge is -2.22. The molecule has 1 saturated carbocycles. The Kier molecular flexibility index (Phi) is 3.66. The smallest absolute Gasteiger partial charge is 0.133 e. The number of hydrogen-bond acceptors (Lipinski definition) is 1. The Morgan fingerprint density at radius 2 is 1.50 bits per heavy atom. The summed E-state index contributed by atoms with van der Waals surface area (Å²) in [6, 6.07) is 1.07. The molecular weight excluding hydrogens is 263 g/mol. The van der Waals surface area contributed by atoms with Gasteiger partial charge < -0.3 is 5.32 Å². The van der Waals surface area contributed by atoms with Crippen molar-refractivity contribution >= 4 is 0 Å². The molecule has 1 N–H and O–H groups in total. The maximum Gasteiger partial charge on any atom is 0.133 e. The minimum Gasteiger partial charge on any atom is -0.310 e. The van der Waals surface area contributed by atoms with Crippen LogP contribution in [-0.2, 0) is 0 Å². The first-order valence-corrected chi connectivity index (χ1v) is 7.02. The van der Waals surface area contributed by atoms with Crippen molar-refractivity contribution in [2.24, 2.45) is 16.7 Å². The molecule has 1 fully saturated rings. The van der Waals surface area contributed by atoms with E-state index < -0.39 is 23.5 Å². The summed E-state index contributed by atoms with van der Waals surface area (Å²) in [5, 5.41) is 3.17. The zero-order valence-electron chi connectivity index (χ0n) is 12.7. The normalized spacial score (nSPS) is 21.8. The molecule has 4 heteroatoms. The molecule has 1 atom stereocenters. The minimum absolute atomic E-state index is 0.0207. The molecule has 0 amide bonds. The van der Waals surface area contributed by atoms with Crippen LogP contribution in [-0.4, -0.2) is 6.54 Å². The van der Waals surface area contributed by atoms with Gasteiger partial charge in [0.05, 0.1) is 0 Å². The third-order valence-electron chi connectivity index (χ3n) is 5.24. The fourth-order valence-electron chi connectivity index (χ4n) is 3.54. The molecule has 1 nitrogen and oxygen atoms in total. The van der Waals surface area contributed by atoms with E-state index in [0.717, 1.165) is 12.1 Å². The minimum atomic E-state index is -0.881. The van der Waals surface area contributed by atoms with Gasteiger partial charge in [0.2, 0.25) is 0 Å². The van der Waals surface area contributed by atoms with Crippen LogP contribution in [0.4, 0.5) is 13.2 Å². The summed E-state index contributed by atoms with van der Waals surface area (Å²) in [6.45, 7) is 10.9. The van der Waals surface area contributed by atoms with Gasteiger partial charge in [0.1, 0.15) is 17.5 Å². The largest absolute Gasteiger partial charge is 0.310 e. The van der Waals surface area contributed by atoms with Gasteiger partial charge in [-0.2, -0.15) is 0 Å². The number of rotatable bonds is 4. The highest BCUT2D eigenvalue weighted by atomic mass is 19.1. The molecule has 1 aromatic rings. The molecule has 1 aromatic carbocycles. The summed E-state index contributed by atoms with van der Waals surface area (Å²) in [4.78, 5) is 0. The van der Waals surface area contributed by atoms with E-state index in [1.165, 1.54) is 0 Å². The molecule has 112 valence electrons. The Balaban J connectivity index is 2.47. The van der Waals surface area contributed by atoms with Gasteiger partial charge in [-0.3, -0.25) is 0 Å². The fourth-order valence-corrected chi connectivity index (χ4v) is 3.54. The highest BCUT2D eigenvalue weighted by molar-refractivity contribution is 5.30. The van der Waals surface area contributed by atoms with E-state index in [-0.39, 0.29) is 22.3 Å². The summed E-state index contributed by atoms with van der Waals surface area (Å²) in [5.41, 5.74) is -0.0860. The molecular formula is C16H22F3N. The van der Waals surface area contributed by atoms with E-state index in [0.29, 0.717) is 6.54 Å². The lowest BCUT2D eigenvalue weighted by atomic mass is 9.95. The molecule has 2 rings (SSSR count). The van der Waals surface area contributed by atoms with Gasteiger partial charge >= 0.3 is 0 Å². The number of hydrogen-bond donors (Lipinski definition) is 1. The molecule has 1 unspecified atom stereocenters. The van der Waals surface area contributed by atoms with Gasteiger partial charge in [0.25, 0.3) is 0 Å². The van der Waals surface area contributed by atoms with Gasteiger partial charge in [0, 0.05) is 23.7 Å². The maximum atomic E-state index is 14.1. The summed E-state index contributed by atoms with van der Waals surface area (Å²) < 4.78 is 41.2. The standard InChI is InChI=1S/C16H22F3N/c1-6-20-13(14-15(2,3)16(14,4)5)12-10(18)7-9(17)8-11(12)19/h7-8,13-14,20H,6H2,1-5H3. The van der Waals surface area contributed by atoms with E-state index >= 15 is 0 Å². The SMILES string of the molecule is CCNC(c1c(F)cc(F)cc1F)C1C(C)(C)C1(C)C. The third kappa shape index (κ3) is 2.14. The molecule has 0 heterocycles. The summed E-state index contributed by atoms with van der Waals surface area (Å²) >= 11 is 0. The summed E-state index contributed by atoms with van der Waals surface area (Å²) in [6.07, 6.45) is 0. The van der Waals surface area contributed by atoms with Crippen LogP contribution in [0.3, 0.4) is 0 Å². The molecule has 0 radical (unpaired) electrons. The van der Waals surface area contributed by atoms with Gasteiger partial charge in [-0.1, -0.05) is 34.6 Å². The van der Waals surface area contributed by atoms with Crippen LogP contribution < -0.4 is 5.32 Å². The van der Waals surface area contributed by atoms with Crippen molar-refractivity contribution < 1.29 is 13.2 Å². The van der Waals surface area contributed by atoms with Crippen LogP contribution in [0.25, 0.3) is 0 Å². The van der Waals surface area contributed by atoms with Crippen molar-refractivity contribution in [3.05, 3.63) is 35.1 Å². The van der Waals surface area contributed by atoms with Crippen LogP contribution in [0.15, 0.2) is 12.1 Å². The summed E-state index contributed by atoms with van der Waals surface area (Å²) in [5.74, 6) is -2.41. The second-order valence-electron chi connectivity index (χ2n) is 6.74. The quantitative estimate of drug-likeness (QED) is 0.862. The number of halogens is 3. The van der Waals surface area contributed by atoms with Crippen molar-refractivity contribution in [3.8, 4) is 0 Å². The van der Waals surface area contributed by atoms with Crippen molar-refractivity contribution in [1.29, 1.82) is 0 Å². The number of nitrogens with one attached hydrogen (secondary N) is 1. The van der Waals surface area contributed by atoms with Crippen LogP contribution >= 0.6 is 0 Å². The molecule has 0 spiro atoms. The predicted octanol–water partition coefficient (Wildman–Crippen LogP) is 4.44. The van der Waals surface area contributed by atoms with E-state index in [9.17, 15) is 13.2 Å². The number of benzene rings is 1. The molecule has 0 aromatic heterocycles. The zero-order valence-corrected chi connectivity index (χ0v) is 12.7. The van der Waals surface area contributed by atoms with Gasteiger partial charge in [-0.25, -0.2) is 13.2 Å². The van der Waals surface area contributed by atoms with E-state index in [1.807, 2.05) is 6.92 Å². The predicted molar refractivity (Wildman–Crippen MR) is 73.8 cm³/mol. The molecule has 1 aliphatic rings. The fraction of sp³-hybridized carbons (Fsp3) is 0.625. The third-order valence-corrected chi connectivity index (χ3v) is 5.24. The molecule has 0 bridgehead atoms. The Morgan fingerprint density at radius 3 is 1.85 bits per heavy atom. The van der Waals surface area contributed by atoms with Crippen molar-refractivity contribution in [3.63, 3.8) is 0 Å². The lowest BCUT2D eigenvalue weighted by molar-refractivity contribution is 0.384. The second kappa shape index (κ2) is 4.76. The second-order valence-corrected chi connectivity index (χ2v) is 6.74. The van der Waals surface area contributed by atoms with Crippen molar-refractivity contribution in [1.82, 2.24) is 5.32 Å². The van der Waals surface area contributed by atoms with Gasteiger partial charge in [-0.15, -0.1) is 0 Å². The average Bonchev–Trinajstić information content (AvgIpc) is 2.66. The van der Waals surface area contributed by atoms with E-state index in [4.69, 9.17) is 0 Å². The van der Waals surface area contributed by atoms with Gasteiger partial charge in [-0.05, 0) is 23.3 Å². The Bertz CT molecular complexity index is 485. The van der Waals surface area contributed by atoms with E-state index in [1.54, 1.807) is 0 Å². The first kappa shape index (κ1) is 15.4. The molecule has 1 aliphatic carbocycles. The van der Waals surface area contributed by atoms with Crippen LogP contribution in [0.5, 0.6) is 0 Å². The first-order chi connectivity index (χ1) is 9.14. The maximum absolute atomic E-state index is 14.1. The highest BCUT2D eigenvalue weighted by Crippen LogP contribution is 2.72.